The molecule has 2 atom stereocenters. The fraction of sp³-hybridized carbons (Fsp3) is 0.533. The molecule has 1 aromatic carbocycles. The Kier molecular flexibility index (Phi) is 4.91. The van der Waals surface area contributed by atoms with Gasteiger partial charge in [-0.05, 0) is 44.0 Å². The number of carbonyl (C=O) groups is 1. The summed E-state index contributed by atoms with van der Waals surface area (Å²) >= 11 is 0. The van der Waals surface area contributed by atoms with Gasteiger partial charge in [0.15, 0.2) is 0 Å². The highest BCUT2D eigenvalue weighted by Gasteiger charge is 2.21. The molecular weight excluding hydrogens is 243 g/mol. The van der Waals surface area contributed by atoms with Gasteiger partial charge in [-0.3, -0.25) is 4.79 Å². The second-order valence-electron chi connectivity index (χ2n) is 5.14. The summed E-state index contributed by atoms with van der Waals surface area (Å²) in [5, 5.41) is 6.22. The van der Waals surface area contributed by atoms with Gasteiger partial charge in [0.1, 0.15) is 5.82 Å². The zero-order valence-corrected chi connectivity index (χ0v) is 11.3. The van der Waals surface area contributed by atoms with Gasteiger partial charge in [0.25, 0.3) is 0 Å². The standard InChI is InChI=1S/C15H21FN2O/c1-11(12-6-5-7-13(16)10-12)18-15(19)14-8-3-2-4-9-17-14/h5-7,10-11,14,17H,2-4,8-9H2,1H3,(H,18,19)/t11-,14?/m1/s1. The van der Waals surface area contributed by atoms with Gasteiger partial charge in [-0.1, -0.05) is 25.0 Å². The van der Waals surface area contributed by atoms with Gasteiger partial charge < -0.3 is 10.6 Å². The molecule has 1 aromatic rings. The highest BCUT2D eigenvalue weighted by atomic mass is 19.1. The number of rotatable bonds is 3. The van der Waals surface area contributed by atoms with Crippen molar-refractivity contribution in [1.82, 2.24) is 10.6 Å². The first-order valence-electron chi connectivity index (χ1n) is 6.96. The molecule has 1 saturated heterocycles. The third-order valence-electron chi connectivity index (χ3n) is 3.58. The lowest BCUT2D eigenvalue weighted by atomic mass is 10.1. The largest absolute Gasteiger partial charge is 0.348 e. The molecule has 0 bridgehead atoms. The highest BCUT2D eigenvalue weighted by Crippen LogP contribution is 2.15. The fourth-order valence-electron chi connectivity index (χ4n) is 2.43. The van der Waals surface area contributed by atoms with Crippen molar-refractivity contribution >= 4 is 5.91 Å². The molecule has 1 aliphatic rings. The van der Waals surface area contributed by atoms with Crippen molar-refractivity contribution in [3.63, 3.8) is 0 Å². The molecule has 0 aliphatic carbocycles. The Morgan fingerprint density at radius 2 is 2.26 bits per heavy atom. The van der Waals surface area contributed by atoms with Crippen LogP contribution >= 0.6 is 0 Å². The van der Waals surface area contributed by atoms with Crippen LogP contribution in [0, 0.1) is 5.82 Å². The van der Waals surface area contributed by atoms with Crippen LogP contribution in [-0.4, -0.2) is 18.5 Å². The molecule has 0 saturated carbocycles. The number of halogens is 1. The molecule has 0 radical (unpaired) electrons. The lowest BCUT2D eigenvalue weighted by Crippen LogP contribution is -2.44. The van der Waals surface area contributed by atoms with E-state index in [2.05, 4.69) is 10.6 Å². The van der Waals surface area contributed by atoms with E-state index >= 15 is 0 Å². The molecule has 3 nitrogen and oxygen atoms in total. The topological polar surface area (TPSA) is 41.1 Å². The van der Waals surface area contributed by atoms with Crippen LogP contribution < -0.4 is 10.6 Å². The van der Waals surface area contributed by atoms with Crippen molar-refractivity contribution in [1.29, 1.82) is 0 Å². The zero-order valence-electron chi connectivity index (χ0n) is 11.3. The number of benzene rings is 1. The molecule has 1 amide bonds. The monoisotopic (exact) mass is 264 g/mol. The molecule has 1 unspecified atom stereocenters. The Bertz CT molecular complexity index is 428. The molecule has 104 valence electrons. The summed E-state index contributed by atoms with van der Waals surface area (Å²) < 4.78 is 13.1. The predicted octanol–water partition coefficient (Wildman–Crippen LogP) is 2.54. The summed E-state index contributed by atoms with van der Waals surface area (Å²) in [5.74, 6) is -0.259. The van der Waals surface area contributed by atoms with Gasteiger partial charge in [0.2, 0.25) is 5.91 Å². The lowest BCUT2D eigenvalue weighted by molar-refractivity contribution is -0.123. The Balaban J connectivity index is 1.94. The summed E-state index contributed by atoms with van der Waals surface area (Å²) in [6.07, 6.45) is 4.26. The molecule has 1 aliphatic heterocycles. The van der Waals surface area contributed by atoms with Crippen molar-refractivity contribution in [3.05, 3.63) is 35.6 Å². The van der Waals surface area contributed by atoms with Crippen molar-refractivity contribution < 1.29 is 9.18 Å². The second kappa shape index (κ2) is 6.66. The van der Waals surface area contributed by atoms with Crippen molar-refractivity contribution in [2.24, 2.45) is 0 Å². The highest BCUT2D eigenvalue weighted by molar-refractivity contribution is 5.82. The predicted molar refractivity (Wildman–Crippen MR) is 73.2 cm³/mol. The van der Waals surface area contributed by atoms with E-state index in [0.29, 0.717) is 0 Å². The van der Waals surface area contributed by atoms with Gasteiger partial charge in [-0.2, -0.15) is 0 Å². The van der Waals surface area contributed by atoms with E-state index in [1.165, 1.54) is 18.6 Å². The van der Waals surface area contributed by atoms with E-state index in [-0.39, 0.29) is 23.8 Å². The normalized spacial score (nSPS) is 21.5. The number of hydrogen-bond donors (Lipinski definition) is 2. The quantitative estimate of drug-likeness (QED) is 0.881. The first kappa shape index (κ1) is 14.0. The van der Waals surface area contributed by atoms with Crippen LogP contribution in [0.25, 0.3) is 0 Å². The smallest absolute Gasteiger partial charge is 0.237 e. The Morgan fingerprint density at radius 3 is 3.05 bits per heavy atom. The number of amides is 1. The number of carbonyl (C=O) groups excluding carboxylic acids is 1. The Labute approximate surface area is 113 Å². The average molecular weight is 264 g/mol. The van der Waals surface area contributed by atoms with Gasteiger partial charge in [-0.25, -0.2) is 4.39 Å². The molecule has 1 fully saturated rings. The maximum atomic E-state index is 13.1. The molecule has 2 rings (SSSR count). The van der Waals surface area contributed by atoms with E-state index in [1.54, 1.807) is 6.07 Å². The first-order valence-corrected chi connectivity index (χ1v) is 6.96. The van der Waals surface area contributed by atoms with Crippen LogP contribution in [-0.2, 0) is 4.79 Å². The van der Waals surface area contributed by atoms with Crippen LogP contribution in [0.4, 0.5) is 4.39 Å². The van der Waals surface area contributed by atoms with E-state index in [9.17, 15) is 9.18 Å². The Hall–Kier alpha value is -1.42. The van der Waals surface area contributed by atoms with Crippen LogP contribution in [0.3, 0.4) is 0 Å². The number of hydrogen-bond acceptors (Lipinski definition) is 2. The van der Waals surface area contributed by atoms with Gasteiger partial charge in [-0.15, -0.1) is 0 Å². The summed E-state index contributed by atoms with van der Waals surface area (Å²) in [5.41, 5.74) is 0.793. The average Bonchev–Trinajstić information content (AvgIpc) is 2.67. The van der Waals surface area contributed by atoms with Gasteiger partial charge in [0.05, 0.1) is 12.1 Å². The van der Waals surface area contributed by atoms with Crippen LogP contribution in [0.1, 0.15) is 44.2 Å². The van der Waals surface area contributed by atoms with Crippen LogP contribution in [0.15, 0.2) is 24.3 Å². The summed E-state index contributed by atoms with van der Waals surface area (Å²) in [4.78, 5) is 12.2. The molecular formula is C15H21FN2O. The van der Waals surface area contributed by atoms with E-state index < -0.39 is 0 Å². The van der Waals surface area contributed by atoms with Gasteiger partial charge in [0, 0.05) is 0 Å². The van der Waals surface area contributed by atoms with E-state index in [4.69, 9.17) is 0 Å². The van der Waals surface area contributed by atoms with Crippen molar-refractivity contribution in [2.75, 3.05) is 6.54 Å². The Morgan fingerprint density at radius 1 is 1.42 bits per heavy atom. The maximum absolute atomic E-state index is 13.1. The first-order chi connectivity index (χ1) is 9.16. The van der Waals surface area contributed by atoms with Crippen LogP contribution in [0.5, 0.6) is 0 Å². The maximum Gasteiger partial charge on any atom is 0.237 e. The molecule has 1 heterocycles. The van der Waals surface area contributed by atoms with Crippen molar-refractivity contribution in [2.45, 2.75) is 44.7 Å². The summed E-state index contributed by atoms with van der Waals surface area (Å²) in [7, 11) is 0. The van der Waals surface area contributed by atoms with Crippen molar-refractivity contribution in [3.8, 4) is 0 Å². The molecule has 4 heteroatoms. The van der Waals surface area contributed by atoms with Crippen LogP contribution in [0.2, 0.25) is 0 Å². The molecule has 0 aromatic heterocycles. The summed E-state index contributed by atoms with van der Waals surface area (Å²) in [6.45, 7) is 2.77. The second-order valence-corrected chi connectivity index (χ2v) is 5.14. The van der Waals surface area contributed by atoms with E-state index in [0.717, 1.165) is 31.4 Å². The number of nitrogens with one attached hydrogen (secondary N) is 2. The third kappa shape index (κ3) is 4.03. The minimum Gasteiger partial charge on any atom is -0.348 e. The van der Waals surface area contributed by atoms with Gasteiger partial charge >= 0.3 is 0 Å². The summed E-state index contributed by atoms with van der Waals surface area (Å²) in [6, 6.07) is 6.08. The molecule has 0 spiro atoms. The minimum absolute atomic E-state index is 0.0126. The third-order valence-corrected chi connectivity index (χ3v) is 3.58. The lowest BCUT2D eigenvalue weighted by Gasteiger charge is -2.20. The molecule has 2 N–H and O–H groups in total. The minimum atomic E-state index is -0.272. The fourth-order valence-corrected chi connectivity index (χ4v) is 2.43. The van der Waals surface area contributed by atoms with E-state index in [1.807, 2.05) is 13.0 Å². The molecule has 19 heavy (non-hydrogen) atoms. The SMILES string of the molecule is C[C@@H](NC(=O)C1CCCCCN1)c1cccc(F)c1. The zero-order chi connectivity index (χ0) is 13.7.